The van der Waals surface area contributed by atoms with Crippen molar-refractivity contribution in [3.8, 4) is 0 Å². The molecule has 1 aliphatic carbocycles. The fourth-order valence-corrected chi connectivity index (χ4v) is 5.51. The second-order valence-corrected chi connectivity index (χ2v) is 10.1. The summed E-state index contributed by atoms with van der Waals surface area (Å²) in [5, 5.41) is 2.97. The second-order valence-electron chi connectivity index (χ2n) is 8.14. The van der Waals surface area contributed by atoms with E-state index < -0.39 is 10.0 Å². The summed E-state index contributed by atoms with van der Waals surface area (Å²) < 4.78 is 32.0. The van der Waals surface area contributed by atoms with Gasteiger partial charge >= 0.3 is 0 Å². The van der Waals surface area contributed by atoms with E-state index in [9.17, 15) is 13.2 Å². The number of rotatable bonds is 8. The van der Waals surface area contributed by atoms with Crippen molar-refractivity contribution in [3.63, 3.8) is 0 Å². The number of amides is 1. The van der Waals surface area contributed by atoms with Gasteiger partial charge in [-0.15, -0.1) is 0 Å². The Labute approximate surface area is 174 Å². The summed E-state index contributed by atoms with van der Waals surface area (Å²) in [6.45, 7) is 6.70. The molecule has 1 N–H and O–H groups in total. The van der Waals surface area contributed by atoms with Crippen LogP contribution in [0.5, 0.6) is 0 Å². The van der Waals surface area contributed by atoms with Gasteiger partial charge in [-0.1, -0.05) is 25.0 Å². The standard InChI is InChI=1S/C21H33N3O4S/c1-17(2)24(19-5-3-4-6-19)16-21(25)22-15-18-7-9-20(10-8-18)29(26,27)23-11-13-28-14-12-23/h7-10,17,19H,3-6,11-16H2,1-2H3,(H,22,25). The molecule has 0 radical (unpaired) electrons. The Bertz CT molecular complexity index is 768. The van der Waals surface area contributed by atoms with Crippen LogP contribution in [-0.4, -0.2) is 68.5 Å². The quantitative estimate of drug-likeness (QED) is 0.692. The van der Waals surface area contributed by atoms with E-state index in [2.05, 4.69) is 24.1 Å². The third-order valence-corrected chi connectivity index (χ3v) is 7.72. The molecule has 29 heavy (non-hydrogen) atoms. The van der Waals surface area contributed by atoms with Crippen LogP contribution in [0, 0.1) is 0 Å². The summed E-state index contributed by atoms with van der Waals surface area (Å²) in [5.41, 5.74) is 0.885. The maximum atomic E-state index is 12.7. The molecule has 1 saturated carbocycles. The van der Waals surface area contributed by atoms with Crippen LogP contribution in [0.1, 0.15) is 45.1 Å². The minimum Gasteiger partial charge on any atom is -0.379 e. The molecule has 0 atom stereocenters. The van der Waals surface area contributed by atoms with Gasteiger partial charge in [-0.2, -0.15) is 4.31 Å². The number of hydrogen-bond donors (Lipinski definition) is 1. The first-order chi connectivity index (χ1) is 13.9. The zero-order chi connectivity index (χ0) is 20.9. The fraction of sp³-hybridized carbons (Fsp3) is 0.667. The maximum absolute atomic E-state index is 12.7. The molecular formula is C21H33N3O4S. The molecule has 0 bridgehead atoms. The van der Waals surface area contributed by atoms with Crippen molar-refractivity contribution >= 4 is 15.9 Å². The predicted molar refractivity (Wildman–Crippen MR) is 112 cm³/mol. The van der Waals surface area contributed by atoms with E-state index >= 15 is 0 Å². The Balaban J connectivity index is 1.53. The predicted octanol–water partition coefficient (Wildman–Crippen LogP) is 1.98. The van der Waals surface area contributed by atoms with Gasteiger partial charge in [0.2, 0.25) is 15.9 Å². The monoisotopic (exact) mass is 423 g/mol. The normalized spacial score (nSPS) is 19.2. The number of ether oxygens (including phenoxy) is 1. The van der Waals surface area contributed by atoms with Crippen LogP contribution in [0.4, 0.5) is 0 Å². The van der Waals surface area contributed by atoms with Gasteiger partial charge in [0, 0.05) is 31.7 Å². The van der Waals surface area contributed by atoms with E-state index in [1.54, 1.807) is 24.3 Å². The van der Waals surface area contributed by atoms with Crippen molar-refractivity contribution in [1.82, 2.24) is 14.5 Å². The highest BCUT2D eigenvalue weighted by Crippen LogP contribution is 2.24. The molecule has 1 heterocycles. The first-order valence-corrected chi connectivity index (χ1v) is 12.0. The maximum Gasteiger partial charge on any atom is 0.243 e. The largest absolute Gasteiger partial charge is 0.379 e. The second kappa shape index (κ2) is 10.0. The highest BCUT2D eigenvalue weighted by molar-refractivity contribution is 7.89. The minimum atomic E-state index is -3.49. The van der Waals surface area contributed by atoms with Crippen molar-refractivity contribution in [1.29, 1.82) is 0 Å². The van der Waals surface area contributed by atoms with Gasteiger partial charge in [-0.3, -0.25) is 9.69 Å². The number of sulfonamides is 1. The fourth-order valence-electron chi connectivity index (χ4n) is 4.11. The molecule has 1 aliphatic heterocycles. The number of carbonyl (C=O) groups is 1. The van der Waals surface area contributed by atoms with E-state index in [0.29, 0.717) is 51.5 Å². The lowest BCUT2D eigenvalue weighted by Crippen LogP contribution is -2.45. The highest BCUT2D eigenvalue weighted by Gasteiger charge is 2.27. The van der Waals surface area contributed by atoms with Crippen LogP contribution in [0.2, 0.25) is 0 Å². The third kappa shape index (κ3) is 5.78. The molecule has 1 aromatic carbocycles. The van der Waals surface area contributed by atoms with Crippen molar-refractivity contribution < 1.29 is 17.9 Å². The molecule has 1 saturated heterocycles. The van der Waals surface area contributed by atoms with Gasteiger partial charge in [0.25, 0.3) is 0 Å². The van der Waals surface area contributed by atoms with Crippen LogP contribution in [0.15, 0.2) is 29.2 Å². The lowest BCUT2D eigenvalue weighted by atomic mass is 10.1. The first kappa shape index (κ1) is 22.2. The molecule has 1 aromatic rings. The van der Waals surface area contributed by atoms with Gasteiger partial charge in [-0.25, -0.2) is 8.42 Å². The van der Waals surface area contributed by atoms with Crippen molar-refractivity contribution in [3.05, 3.63) is 29.8 Å². The summed E-state index contributed by atoms with van der Waals surface area (Å²) in [6, 6.07) is 7.62. The van der Waals surface area contributed by atoms with Crippen LogP contribution in [0.3, 0.4) is 0 Å². The molecule has 3 rings (SSSR count). The topological polar surface area (TPSA) is 79.0 Å². The smallest absolute Gasteiger partial charge is 0.243 e. The van der Waals surface area contributed by atoms with Gasteiger partial charge in [0.15, 0.2) is 0 Å². The van der Waals surface area contributed by atoms with Crippen LogP contribution >= 0.6 is 0 Å². The molecule has 8 heteroatoms. The zero-order valence-electron chi connectivity index (χ0n) is 17.5. The number of nitrogens with one attached hydrogen (secondary N) is 1. The minimum absolute atomic E-state index is 0.00983. The van der Waals surface area contributed by atoms with Crippen LogP contribution in [0.25, 0.3) is 0 Å². The van der Waals surface area contributed by atoms with Crippen molar-refractivity contribution in [2.75, 3.05) is 32.8 Å². The van der Waals surface area contributed by atoms with Crippen LogP contribution < -0.4 is 5.32 Å². The molecule has 1 amide bonds. The van der Waals surface area contributed by atoms with Gasteiger partial charge in [0.1, 0.15) is 0 Å². The average Bonchev–Trinajstić information content (AvgIpc) is 3.25. The molecule has 0 aromatic heterocycles. The summed E-state index contributed by atoms with van der Waals surface area (Å²) in [6.07, 6.45) is 4.83. The number of nitrogens with zero attached hydrogens (tertiary/aromatic N) is 2. The van der Waals surface area contributed by atoms with E-state index in [1.807, 2.05) is 0 Å². The van der Waals surface area contributed by atoms with Crippen LogP contribution in [-0.2, 0) is 26.1 Å². The number of morpholine rings is 1. The molecule has 0 unspecified atom stereocenters. The number of carbonyl (C=O) groups excluding carboxylic acids is 1. The molecule has 2 aliphatic rings. The molecule has 7 nitrogen and oxygen atoms in total. The Morgan fingerprint density at radius 1 is 1.17 bits per heavy atom. The van der Waals surface area contributed by atoms with E-state index in [-0.39, 0.29) is 10.8 Å². The Kier molecular flexibility index (Phi) is 7.67. The first-order valence-electron chi connectivity index (χ1n) is 10.6. The summed E-state index contributed by atoms with van der Waals surface area (Å²) in [4.78, 5) is 15.0. The highest BCUT2D eigenvalue weighted by atomic mass is 32.2. The van der Waals surface area contributed by atoms with Gasteiger partial charge < -0.3 is 10.1 Å². The van der Waals surface area contributed by atoms with Crippen molar-refractivity contribution in [2.45, 2.75) is 63.1 Å². The number of hydrogen-bond acceptors (Lipinski definition) is 5. The zero-order valence-corrected chi connectivity index (χ0v) is 18.3. The third-order valence-electron chi connectivity index (χ3n) is 5.80. The van der Waals surface area contributed by atoms with Gasteiger partial charge in [-0.05, 0) is 44.4 Å². The molecule has 0 spiro atoms. The van der Waals surface area contributed by atoms with Crippen molar-refractivity contribution in [2.24, 2.45) is 0 Å². The molecule has 162 valence electrons. The summed E-state index contributed by atoms with van der Waals surface area (Å²) in [7, 11) is -3.49. The summed E-state index contributed by atoms with van der Waals surface area (Å²) >= 11 is 0. The van der Waals surface area contributed by atoms with E-state index in [0.717, 1.165) is 5.56 Å². The Morgan fingerprint density at radius 3 is 2.38 bits per heavy atom. The number of benzene rings is 1. The summed E-state index contributed by atoms with van der Waals surface area (Å²) in [5.74, 6) is 0.00983. The van der Waals surface area contributed by atoms with E-state index in [4.69, 9.17) is 4.74 Å². The lowest BCUT2D eigenvalue weighted by Gasteiger charge is -2.31. The molecule has 2 fully saturated rings. The Hall–Kier alpha value is -1.48. The lowest BCUT2D eigenvalue weighted by molar-refractivity contribution is -0.123. The Morgan fingerprint density at radius 2 is 1.79 bits per heavy atom. The van der Waals surface area contributed by atoms with Gasteiger partial charge in [0.05, 0.1) is 24.7 Å². The molecular weight excluding hydrogens is 390 g/mol. The van der Waals surface area contributed by atoms with E-state index in [1.165, 1.54) is 30.0 Å². The SMILES string of the molecule is CC(C)N(CC(=O)NCc1ccc(S(=O)(=O)N2CCOCC2)cc1)C1CCCC1. The average molecular weight is 424 g/mol.